The van der Waals surface area contributed by atoms with Crippen LogP contribution in [0.5, 0.6) is 0 Å². The minimum absolute atomic E-state index is 0.366. The van der Waals surface area contributed by atoms with Crippen molar-refractivity contribution in [2.75, 3.05) is 5.75 Å². The maximum atomic E-state index is 3.73. The van der Waals surface area contributed by atoms with E-state index in [1.54, 1.807) is 0 Å². The van der Waals surface area contributed by atoms with Crippen LogP contribution in [0.3, 0.4) is 0 Å². The summed E-state index contributed by atoms with van der Waals surface area (Å²) in [7, 11) is 0. The summed E-state index contributed by atoms with van der Waals surface area (Å²) in [6.07, 6.45) is 0. The van der Waals surface area contributed by atoms with E-state index < -0.39 is 0 Å². The Kier molecular flexibility index (Phi) is 3.96. The molecule has 0 saturated heterocycles. The highest BCUT2D eigenvalue weighted by Crippen LogP contribution is 2.38. The Hall–Kier alpha value is -0.770. The normalized spacial score (nSPS) is 19.2. The Bertz CT molecular complexity index is 567. The molecule has 1 aliphatic rings. The predicted octanol–water partition coefficient (Wildman–Crippen LogP) is 4.95. The van der Waals surface area contributed by atoms with Crippen molar-refractivity contribution in [2.24, 2.45) is 0 Å². The van der Waals surface area contributed by atoms with E-state index in [1.165, 1.54) is 16.0 Å². The molecule has 0 saturated carbocycles. The third-order valence-corrected chi connectivity index (χ3v) is 5.23. The van der Waals surface area contributed by atoms with Gasteiger partial charge in [0.15, 0.2) is 0 Å². The first-order valence-electron chi connectivity index (χ1n) is 6.47. The Morgan fingerprint density at radius 2 is 1.89 bits per heavy atom. The number of nitrogens with one attached hydrogen (secondary N) is 1. The van der Waals surface area contributed by atoms with Crippen molar-refractivity contribution in [3.05, 3.63) is 64.1 Å². The largest absolute Gasteiger partial charge is 0.303 e. The van der Waals surface area contributed by atoms with Crippen LogP contribution in [0.2, 0.25) is 0 Å². The summed E-state index contributed by atoms with van der Waals surface area (Å²) in [5, 5.41) is 3.73. The summed E-state index contributed by atoms with van der Waals surface area (Å²) in [6, 6.07) is 18.1. The highest BCUT2D eigenvalue weighted by molar-refractivity contribution is 9.10. The van der Waals surface area contributed by atoms with Crippen LogP contribution >= 0.6 is 27.7 Å². The van der Waals surface area contributed by atoms with Crippen molar-refractivity contribution in [1.82, 2.24) is 5.32 Å². The third kappa shape index (κ3) is 2.88. The molecule has 0 fully saturated rings. The molecule has 1 aliphatic heterocycles. The number of benzene rings is 2. The fourth-order valence-corrected chi connectivity index (χ4v) is 3.89. The zero-order valence-corrected chi connectivity index (χ0v) is 13.2. The molecule has 98 valence electrons. The van der Waals surface area contributed by atoms with Crippen molar-refractivity contribution < 1.29 is 0 Å². The molecule has 2 aromatic rings. The molecular formula is C16H16BrNS. The Morgan fingerprint density at radius 1 is 1.16 bits per heavy atom. The van der Waals surface area contributed by atoms with Crippen molar-refractivity contribution >= 4 is 27.7 Å². The molecule has 1 N–H and O–H groups in total. The zero-order valence-electron chi connectivity index (χ0n) is 10.8. The van der Waals surface area contributed by atoms with E-state index >= 15 is 0 Å². The van der Waals surface area contributed by atoms with Gasteiger partial charge in [0.1, 0.15) is 0 Å². The predicted molar refractivity (Wildman–Crippen MR) is 85.6 cm³/mol. The van der Waals surface area contributed by atoms with Gasteiger partial charge in [-0.15, -0.1) is 11.8 Å². The summed E-state index contributed by atoms with van der Waals surface area (Å²) < 4.78 is 1.13. The standard InChI is InChI=1S/C16H16BrNS/c1-11(12-6-8-13(17)9-7-12)18-15-10-19-16-5-3-2-4-14(15)16/h2-9,11,15,18H,10H2,1H3/t11-,15?/m1/s1. The minimum Gasteiger partial charge on any atom is -0.303 e. The lowest BCUT2D eigenvalue weighted by Gasteiger charge is -2.20. The second-order valence-corrected chi connectivity index (χ2v) is 6.82. The molecule has 0 aliphatic carbocycles. The van der Waals surface area contributed by atoms with E-state index in [0.717, 1.165) is 10.2 Å². The highest BCUT2D eigenvalue weighted by atomic mass is 79.9. The lowest BCUT2D eigenvalue weighted by Crippen LogP contribution is -2.24. The fraction of sp³-hybridized carbons (Fsp3) is 0.250. The van der Waals surface area contributed by atoms with Gasteiger partial charge in [0.05, 0.1) is 0 Å². The number of fused-ring (bicyclic) bond motifs is 1. The topological polar surface area (TPSA) is 12.0 Å². The Morgan fingerprint density at radius 3 is 2.68 bits per heavy atom. The highest BCUT2D eigenvalue weighted by Gasteiger charge is 2.23. The molecule has 3 heteroatoms. The van der Waals surface area contributed by atoms with Crippen molar-refractivity contribution in [2.45, 2.75) is 23.9 Å². The van der Waals surface area contributed by atoms with Crippen LogP contribution in [-0.4, -0.2) is 5.75 Å². The maximum Gasteiger partial charge on any atom is 0.0431 e. The van der Waals surface area contributed by atoms with Crippen LogP contribution in [0.1, 0.15) is 30.1 Å². The molecule has 3 rings (SSSR count). The van der Waals surface area contributed by atoms with Gasteiger partial charge >= 0.3 is 0 Å². The summed E-state index contributed by atoms with van der Waals surface area (Å²) in [5.74, 6) is 1.13. The van der Waals surface area contributed by atoms with Crippen LogP contribution in [0.4, 0.5) is 0 Å². The molecule has 1 nitrogen and oxygen atoms in total. The quantitative estimate of drug-likeness (QED) is 0.853. The van der Waals surface area contributed by atoms with E-state index in [4.69, 9.17) is 0 Å². The first-order chi connectivity index (χ1) is 9.24. The zero-order chi connectivity index (χ0) is 13.2. The fourth-order valence-electron chi connectivity index (χ4n) is 2.45. The van der Waals surface area contributed by atoms with E-state index in [2.05, 4.69) is 76.7 Å². The van der Waals surface area contributed by atoms with Crippen LogP contribution in [0.15, 0.2) is 57.9 Å². The van der Waals surface area contributed by atoms with Gasteiger partial charge in [0, 0.05) is 27.2 Å². The second-order valence-electron chi connectivity index (χ2n) is 4.84. The monoisotopic (exact) mass is 333 g/mol. The van der Waals surface area contributed by atoms with Crippen LogP contribution in [0, 0.1) is 0 Å². The Balaban J connectivity index is 1.74. The van der Waals surface area contributed by atoms with Gasteiger partial charge in [-0.2, -0.15) is 0 Å². The van der Waals surface area contributed by atoms with Crippen molar-refractivity contribution in [1.29, 1.82) is 0 Å². The second kappa shape index (κ2) is 5.70. The minimum atomic E-state index is 0.366. The molecule has 0 aromatic heterocycles. The smallest absolute Gasteiger partial charge is 0.0431 e. The Labute approximate surface area is 126 Å². The number of rotatable bonds is 3. The average molecular weight is 334 g/mol. The number of hydrogen-bond acceptors (Lipinski definition) is 2. The summed E-state index contributed by atoms with van der Waals surface area (Å²) >= 11 is 5.43. The number of halogens is 1. The van der Waals surface area contributed by atoms with Gasteiger partial charge in [-0.3, -0.25) is 0 Å². The van der Waals surface area contributed by atoms with Crippen molar-refractivity contribution in [3.8, 4) is 0 Å². The van der Waals surface area contributed by atoms with Gasteiger partial charge in [0.25, 0.3) is 0 Å². The van der Waals surface area contributed by atoms with Gasteiger partial charge in [0.2, 0.25) is 0 Å². The molecule has 1 unspecified atom stereocenters. The molecule has 0 amide bonds. The number of thioether (sulfide) groups is 1. The number of hydrogen-bond donors (Lipinski definition) is 1. The van der Waals surface area contributed by atoms with Gasteiger partial charge < -0.3 is 5.32 Å². The maximum absolute atomic E-state index is 3.73. The van der Waals surface area contributed by atoms with Crippen molar-refractivity contribution in [3.63, 3.8) is 0 Å². The molecule has 0 bridgehead atoms. The van der Waals surface area contributed by atoms with E-state index in [9.17, 15) is 0 Å². The molecule has 1 heterocycles. The summed E-state index contributed by atoms with van der Waals surface area (Å²) in [6.45, 7) is 2.23. The first kappa shape index (κ1) is 13.2. The first-order valence-corrected chi connectivity index (χ1v) is 8.25. The SMILES string of the molecule is C[C@@H](NC1CSc2ccccc21)c1ccc(Br)cc1. The van der Waals surface area contributed by atoms with Crippen LogP contribution < -0.4 is 5.32 Å². The third-order valence-electron chi connectivity index (χ3n) is 3.52. The lowest BCUT2D eigenvalue weighted by atomic mass is 10.0. The van der Waals surface area contributed by atoms with E-state index in [-0.39, 0.29) is 0 Å². The molecule has 0 spiro atoms. The van der Waals surface area contributed by atoms with Crippen LogP contribution in [0.25, 0.3) is 0 Å². The van der Waals surface area contributed by atoms with Gasteiger partial charge in [-0.1, -0.05) is 46.3 Å². The van der Waals surface area contributed by atoms with Crippen LogP contribution in [-0.2, 0) is 0 Å². The molecule has 2 aromatic carbocycles. The summed E-state index contributed by atoms with van der Waals surface area (Å²) in [5.41, 5.74) is 2.77. The average Bonchev–Trinajstić information content (AvgIpc) is 2.83. The molecule has 0 radical (unpaired) electrons. The van der Waals surface area contributed by atoms with Gasteiger partial charge in [-0.05, 0) is 36.2 Å². The lowest BCUT2D eigenvalue weighted by molar-refractivity contribution is 0.501. The van der Waals surface area contributed by atoms with E-state index in [1.807, 2.05) is 11.8 Å². The molecular weight excluding hydrogens is 318 g/mol. The van der Waals surface area contributed by atoms with Gasteiger partial charge in [-0.25, -0.2) is 0 Å². The summed E-state index contributed by atoms with van der Waals surface area (Å²) in [4.78, 5) is 1.42. The molecule has 2 atom stereocenters. The molecule has 19 heavy (non-hydrogen) atoms. The van der Waals surface area contributed by atoms with E-state index in [0.29, 0.717) is 12.1 Å².